The van der Waals surface area contributed by atoms with Gasteiger partial charge in [-0.2, -0.15) is 0 Å². The van der Waals surface area contributed by atoms with Gasteiger partial charge in [-0.15, -0.1) is 10.2 Å². The van der Waals surface area contributed by atoms with Crippen LogP contribution in [0.15, 0.2) is 18.3 Å². The van der Waals surface area contributed by atoms with Gasteiger partial charge < -0.3 is 5.32 Å². The van der Waals surface area contributed by atoms with Crippen LogP contribution < -0.4 is 5.32 Å². The SMILES string of the molecule is Cc1cc(-c2nnc(CCNCC(C)C)s2)ccn1. The first-order valence-corrected chi connectivity index (χ1v) is 7.43. The fraction of sp³-hybridized carbons (Fsp3) is 0.500. The Bertz CT molecular complexity index is 522. The molecule has 4 nitrogen and oxygen atoms in total. The van der Waals surface area contributed by atoms with Gasteiger partial charge >= 0.3 is 0 Å². The van der Waals surface area contributed by atoms with E-state index in [0.717, 1.165) is 40.8 Å². The van der Waals surface area contributed by atoms with Crippen molar-refractivity contribution in [1.82, 2.24) is 20.5 Å². The molecule has 0 fully saturated rings. The molecule has 0 unspecified atom stereocenters. The third-order valence-corrected chi connectivity index (χ3v) is 3.71. The van der Waals surface area contributed by atoms with Crippen molar-refractivity contribution in [2.75, 3.05) is 13.1 Å². The highest BCUT2D eigenvalue weighted by molar-refractivity contribution is 7.14. The molecule has 1 N–H and O–H groups in total. The summed E-state index contributed by atoms with van der Waals surface area (Å²) in [6.07, 6.45) is 2.75. The van der Waals surface area contributed by atoms with Crippen molar-refractivity contribution in [1.29, 1.82) is 0 Å². The summed E-state index contributed by atoms with van der Waals surface area (Å²) in [5.41, 5.74) is 2.11. The highest BCUT2D eigenvalue weighted by atomic mass is 32.1. The average Bonchev–Trinajstić information content (AvgIpc) is 2.83. The van der Waals surface area contributed by atoms with Crippen LogP contribution in [0.5, 0.6) is 0 Å². The fourth-order valence-electron chi connectivity index (χ4n) is 1.74. The van der Waals surface area contributed by atoms with Crippen molar-refractivity contribution in [2.24, 2.45) is 5.92 Å². The van der Waals surface area contributed by atoms with Gasteiger partial charge in [0.1, 0.15) is 10.0 Å². The lowest BCUT2D eigenvalue weighted by atomic mass is 10.2. The van der Waals surface area contributed by atoms with Crippen molar-refractivity contribution in [2.45, 2.75) is 27.2 Å². The van der Waals surface area contributed by atoms with Crippen molar-refractivity contribution in [3.63, 3.8) is 0 Å². The van der Waals surface area contributed by atoms with Gasteiger partial charge in [0, 0.05) is 30.4 Å². The van der Waals surface area contributed by atoms with E-state index in [4.69, 9.17) is 0 Å². The van der Waals surface area contributed by atoms with E-state index < -0.39 is 0 Å². The largest absolute Gasteiger partial charge is 0.316 e. The van der Waals surface area contributed by atoms with Gasteiger partial charge in [-0.1, -0.05) is 25.2 Å². The summed E-state index contributed by atoms with van der Waals surface area (Å²) in [5.74, 6) is 0.685. The number of hydrogen-bond acceptors (Lipinski definition) is 5. The molecule has 2 heterocycles. The van der Waals surface area contributed by atoms with Gasteiger partial charge in [0.2, 0.25) is 0 Å². The Morgan fingerprint density at radius 1 is 1.32 bits per heavy atom. The number of aryl methyl sites for hydroxylation is 1. The number of nitrogens with zero attached hydrogens (tertiary/aromatic N) is 3. The third kappa shape index (κ3) is 4.36. The Morgan fingerprint density at radius 2 is 2.16 bits per heavy atom. The summed E-state index contributed by atoms with van der Waals surface area (Å²) in [7, 11) is 0. The van der Waals surface area contributed by atoms with Crippen LogP contribution >= 0.6 is 11.3 Å². The molecule has 0 aliphatic rings. The fourth-order valence-corrected chi connectivity index (χ4v) is 2.57. The van der Waals surface area contributed by atoms with Crippen molar-refractivity contribution < 1.29 is 0 Å². The van der Waals surface area contributed by atoms with Crippen molar-refractivity contribution >= 4 is 11.3 Å². The topological polar surface area (TPSA) is 50.7 Å². The molecule has 0 aliphatic heterocycles. The lowest BCUT2D eigenvalue weighted by Gasteiger charge is -2.05. The summed E-state index contributed by atoms with van der Waals surface area (Å²) < 4.78 is 0. The second-order valence-electron chi connectivity index (χ2n) is 5.03. The van der Waals surface area contributed by atoms with E-state index in [2.05, 4.69) is 34.3 Å². The average molecular weight is 276 g/mol. The summed E-state index contributed by atoms with van der Waals surface area (Å²) >= 11 is 1.66. The van der Waals surface area contributed by atoms with E-state index in [1.807, 2.05) is 25.3 Å². The first-order valence-electron chi connectivity index (χ1n) is 6.61. The molecule has 0 aliphatic carbocycles. The van der Waals surface area contributed by atoms with Gasteiger partial charge in [0.15, 0.2) is 0 Å². The number of pyridine rings is 1. The highest BCUT2D eigenvalue weighted by Gasteiger charge is 2.06. The van der Waals surface area contributed by atoms with Gasteiger partial charge in [0.25, 0.3) is 0 Å². The molecule has 102 valence electrons. The molecular formula is C14H20N4S. The maximum atomic E-state index is 4.25. The molecule has 5 heteroatoms. The van der Waals surface area contributed by atoms with E-state index >= 15 is 0 Å². The molecule has 0 radical (unpaired) electrons. The number of aromatic nitrogens is 3. The van der Waals surface area contributed by atoms with Gasteiger partial charge in [-0.3, -0.25) is 4.98 Å². The van der Waals surface area contributed by atoms with Crippen LogP contribution in [0, 0.1) is 12.8 Å². The molecular weight excluding hydrogens is 256 g/mol. The Hall–Kier alpha value is -1.33. The Kier molecular flexibility index (Phi) is 4.99. The molecule has 0 amide bonds. The summed E-state index contributed by atoms with van der Waals surface area (Å²) in [6, 6.07) is 4.02. The maximum Gasteiger partial charge on any atom is 0.147 e. The maximum absolute atomic E-state index is 4.25. The minimum absolute atomic E-state index is 0.685. The van der Waals surface area contributed by atoms with E-state index in [-0.39, 0.29) is 0 Å². The normalized spacial score (nSPS) is 11.2. The van der Waals surface area contributed by atoms with Gasteiger partial charge in [-0.05, 0) is 31.5 Å². The number of hydrogen-bond donors (Lipinski definition) is 1. The molecule has 2 aromatic heterocycles. The van der Waals surface area contributed by atoms with Crippen LogP contribution in [0.25, 0.3) is 10.6 Å². The summed E-state index contributed by atoms with van der Waals surface area (Å²) in [6.45, 7) is 8.42. The molecule has 19 heavy (non-hydrogen) atoms. The minimum Gasteiger partial charge on any atom is -0.316 e. The van der Waals surface area contributed by atoms with Crippen LogP contribution in [0.3, 0.4) is 0 Å². The molecule has 2 rings (SSSR count). The van der Waals surface area contributed by atoms with Crippen LogP contribution in [0.1, 0.15) is 24.5 Å². The summed E-state index contributed by atoms with van der Waals surface area (Å²) in [4.78, 5) is 4.20. The first kappa shape index (κ1) is 14.1. The van der Waals surface area contributed by atoms with E-state index in [0.29, 0.717) is 5.92 Å². The van der Waals surface area contributed by atoms with Gasteiger partial charge in [0.05, 0.1) is 0 Å². The molecule has 0 saturated carbocycles. The highest BCUT2D eigenvalue weighted by Crippen LogP contribution is 2.23. The molecule has 0 spiro atoms. The second-order valence-corrected chi connectivity index (χ2v) is 6.10. The molecule has 0 aromatic carbocycles. The third-order valence-electron chi connectivity index (χ3n) is 2.68. The Morgan fingerprint density at radius 3 is 2.89 bits per heavy atom. The molecule has 0 saturated heterocycles. The van der Waals surface area contributed by atoms with E-state index in [1.165, 1.54) is 0 Å². The standard InChI is InChI=1S/C14H20N4S/c1-10(2)9-15-6-5-13-17-18-14(19-13)12-4-7-16-11(3)8-12/h4,7-8,10,15H,5-6,9H2,1-3H3. The molecule has 2 aromatic rings. The summed E-state index contributed by atoms with van der Waals surface area (Å²) in [5, 5.41) is 14.0. The first-order chi connectivity index (χ1) is 9.15. The van der Waals surface area contributed by atoms with E-state index in [1.54, 1.807) is 11.3 Å². The van der Waals surface area contributed by atoms with Gasteiger partial charge in [-0.25, -0.2) is 0 Å². The zero-order valence-electron chi connectivity index (χ0n) is 11.7. The predicted octanol–water partition coefficient (Wildman–Crippen LogP) is 2.70. The van der Waals surface area contributed by atoms with Crippen LogP contribution in [-0.4, -0.2) is 28.3 Å². The predicted molar refractivity (Wildman–Crippen MR) is 79.3 cm³/mol. The minimum atomic E-state index is 0.685. The van der Waals surface area contributed by atoms with Crippen LogP contribution in [0.2, 0.25) is 0 Å². The van der Waals surface area contributed by atoms with Crippen LogP contribution in [-0.2, 0) is 6.42 Å². The number of rotatable bonds is 6. The van der Waals surface area contributed by atoms with E-state index in [9.17, 15) is 0 Å². The lowest BCUT2D eigenvalue weighted by Crippen LogP contribution is -2.22. The zero-order valence-corrected chi connectivity index (χ0v) is 12.5. The number of nitrogens with one attached hydrogen (secondary N) is 1. The van der Waals surface area contributed by atoms with Crippen molar-refractivity contribution in [3.05, 3.63) is 29.0 Å². The van der Waals surface area contributed by atoms with Crippen LogP contribution in [0.4, 0.5) is 0 Å². The molecule has 0 bridgehead atoms. The van der Waals surface area contributed by atoms with Crippen molar-refractivity contribution in [3.8, 4) is 10.6 Å². The monoisotopic (exact) mass is 276 g/mol. The lowest BCUT2D eigenvalue weighted by molar-refractivity contribution is 0.553. The Balaban J connectivity index is 1.92. The second kappa shape index (κ2) is 6.73. The smallest absolute Gasteiger partial charge is 0.147 e. The molecule has 0 atom stereocenters. The zero-order chi connectivity index (χ0) is 13.7. The Labute approximate surface area is 118 Å². The quantitative estimate of drug-likeness (QED) is 0.824.